The van der Waals surface area contributed by atoms with E-state index in [2.05, 4.69) is 10.0 Å². The molecule has 9 heteroatoms. The van der Waals surface area contributed by atoms with Crippen molar-refractivity contribution < 1.29 is 22.7 Å². The predicted octanol–water partition coefficient (Wildman–Crippen LogP) is 2.93. The molecule has 1 aliphatic carbocycles. The molecule has 164 valence electrons. The van der Waals surface area contributed by atoms with Gasteiger partial charge >= 0.3 is 6.03 Å². The summed E-state index contributed by atoms with van der Waals surface area (Å²) < 4.78 is 34.0. The molecule has 1 heterocycles. The first-order valence-electron chi connectivity index (χ1n) is 10.4. The van der Waals surface area contributed by atoms with Gasteiger partial charge in [0.15, 0.2) is 0 Å². The number of nitrogens with zero attached hydrogens (tertiary/aromatic N) is 1. The van der Waals surface area contributed by atoms with Crippen molar-refractivity contribution >= 4 is 27.6 Å². The zero-order chi connectivity index (χ0) is 21.8. The number of amides is 3. The fourth-order valence-electron chi connectivity index (χ4n) is 3.78. The Labute approximate surface area is 181 Å². The van der Waals surface area contributed by atoms with Crippen LogP contribution in [0.5, 0.6) is 5.75 Å². The molecule has 2 aromatic rings. The molecular weight excluding hydrogens is 418 g/mol. The second-order valence-corrected chi connectivity index (χ2v) is 9.51. The van der Waals surface area contributed by atoms with Crippen molar-refractivity contribution in [2.24, 2.45) is 0 Å². The second-order valence-electron chi connectivity index (χ2n) is 7.75. The Morgan fingerprint density at radius 3 is 2.52 bits per heavy atom. The number of rotatable bonds is 7. The van der Waals surface area contributed by atoms with E-state index in [9.17, 15) is 18.0 Å². The van der Waals surface area contributed by atoms with Crippen molar-refractivity contribution in [1.29, 1.82) is 0 Å². The third kappa shape index (κ3) is 5.23. The predicted molar refractivity (Wildman–Crippen MR) is 115 cm³/mol. The summed E-state index contributed by atoms with van der Waals surface area (Å²) >= 11 is 0. The number of carbonyl (C=O) groups is 2. The van der Waals surface area contributed by atoms with Crippen LogP contribution >= 0.6 is 0 Å². The lowest BCUT2D eigenvalue weighted by Crippen LogP contribution is -2.49. The molecule has 2 N–H and O–H groups in total. The maximum absolute atomic E-state index is 12.7. The van der Waals surface area contributed by atoms with Crippen LogP contribution in [0.25, 0.3) is 0 Å². The molecule has 0 atom stereocenters. The van der Waals surface area contributed by atoms with Gasteiger partial charge in [0.1, 0.15) is 5.75 Å². The minimum absolute atomic E-state index is 0.112. The van der Waals surface area contributed by atoms with Crippen LogP contribution in [0.4, 0.5) is 10.5 Å². The van der Waals surface area contributed by atoms with Crippen LogP contribution in [0, 0.1) is 0 Å². The number of nitrogens with one attached hydrogen (secondary N) is 2. The summed E-state index contributed by atoms with van der Waals surface area (Å²) in [6.45, 7) is 0.427. The number of ether oxygens (including phenoxy) is 1. The molecule has 0 spiro atoms. The monoisotopic (exact) mass is 443 g/mol. The number of urea groups is 1. The summed E-state index contributed by atoms with van der Waals surface area (Å²) in [5.74, 6) is 0.280. The zero-order valence-corrected chi connectivity index (χ0v) is 17.9. The molecule has 0 aromatic heterocycles. The number of hydrogen-bond acceptors (Lipinski definition) is 5. The van der Waals surface area contributed by atoms with Gasteiger partial charge in [0.25, 0.3) is 0 Å². The Hall–Kier alpha value is -2.91. The van der Waals surface area contributed by atoms with E-state index >= 15 is 0 Å². The fourth-order valence-corrected chi connectivity index (χ4v) is 4.83. The molecule has 1 saturated carbocycles. The van der Waals surface area contributed by atoms with Crippen molar-refractivity contribution in [1.82, 2.24) is 10.0 Å². The summed E-state index contributed by atoms with van der Waals surface area (Å²) in [6.07, 6.45) is 4.69. The first kappa shape index (κ1) is 21.3. The van der Waals surface area contributed by atoms with E-state index in [1.165, 1.54) is 4.90 Å². The summed E-state index contributed by atoms with van der Waals surface area (Å²) in [5.41, 5.74) is 1.40. The SMILES string of the molecule is O=C1CCN(c2ccc(CNS(=O)(=O)c3cccc(OC4CCCC4)c3)cc2)C(=O)N1. The number of hydrogen-bond donors (Lipinski definition) is 2. The van der Waals surface area contributed by atoms with Gasteiger partial charge in [-0.25, -0.2) is 17.9 Å². The minimum Gasteiger partial charge on any atom is -0.490 e. The van der Waals surface area contributed by atoms with Gasteiger partial charge in [-0.15, -0.1) is 0 Å². The highest BCUT2D eigenvalue weighted by Crippen LogP contribution is 2.26. The van der Waals surface area contributed by atoms with E-state index < -0.39 is 16.1 Å². The van der Waals surface area contributed by atoms with E-state index in [4.69, 9.17) is 4.74 Å². The molecule has 0 unspecified atom stereocenters. The highest BCUT2D eigenvalue weighted by Gasteiger charge is 2.24. The Morgan fingerprint density at radius 1 is 1.06 bits per heavy atom. The van der Waals surface area contributed by atoms with Crippen molar-refractivity contribution in [2.45, 2.75) is 49.6 Å². The molecule has 0 radical (unpaired) electrons. The van der Waals surface area contributed by atoms with Crippen LogP contribution in [0.3, 0.4) is 0 Å². The summed E-state index contributed by atoms with van der Waals surface area (Å²) in [7, 11) is -3.70. The van der Waals surface area contributed by atoms with Crippen LogP contribution in [0.2, 0.25) is 0 Å². The van der Waals surface area contributed by atoms with Gasteiger partial charge in [0, 0.05) is 31.3 Å². The van der Waals surface area contributed by atoms with Gasteiger partial charge in [-0.2, -0.15) is 0 Å². The Bertz CT molecular complexity index is 1060. The van der Waals surface area contributed by atoms with Crippen LogP contribution in [-0.4, -0.2) is 33.0 Å². The largest absolute Gasteiger partial charge is 0.490 e. The van der Waals surface area contributed by atoms with Crippen molar-refractivity contribution in [3.8, 4) is 5.75 Å². The Morgan fingerprint density at radius 2 is 1.81 bits per heavy atom. The molecule has 31 heavy (non-hydrogen) atoms. The standard InChI is InChI=1S/C22H25N3O5S/c26-21-12-13-25(22(27)24-21)17-10-8-16(9-11-17)15-23-31(28,29)20-7-3-6-19(14-20)30-18-4-1-2-5-18/h3,6-11,14,18,23H,1-2,4-5,12-13,15H2,(H,24,26,27). The van der Waals surface area contributed by atoms with Crippen molar-refractivity contribution in [3.05, 3.63) is 54.1 Å². The zero-order valence-electron chi connectivity index (χ0n) is 17.0. The van der Waals surface area contributed by atoms with Crippen LogP contribution < -0.4 is 19.7 Å². The summed E-state index contributed by atoms with van der Waals surface area (Å²) in [4.78, 5) is 24.8. The van der Waals surface area contributed by atoms with Gasteiger partial charge < -0.3 is 4.74 Å². The number of imide groups is 1. The second kappa shape index (κ2) is 9.07. The number of anilines is 1. The van der Waals surface area contributed by atoms with Crippen LogP contribution in [-0.2, 0) is 21.4 Å². The van der Waals surface area contributed by atoms with Gasteiger partial charge in [0.05, 0.1) is 11.0 Å². The number of sulfonamides is 1. The van der Waals surface area contributed by atoms with E-state index in [0.717, 1.165) is 31.2 Å². The van der Waals surface area contributed by atoms with Crippen molar-refractivity contribution in [3.63, 3.8) is 0 Å². The molecular formula is C22H25N3O5S. The molecule has 2 fully saturated rings. The topological polar surface area (TPSA) is 105 Å². The van der Waals surface area contributed by atoms with Crippen molar-refractivity contribution in [2.75, 3.05) is 11.4 Å². The molecule has 1 saturated heterocycles. The smallest absolute Gasteiger partial charge is 0.328 e. The van der Waals surface area contributed by atoms with E-state index in [1.54, 1.807) is 48.5 Å². The lowest BCUT2D eigenvalue weighted by molar-refractivity contribution is -0.120. The molecule has 2 aromatic carbocycles. The minimum atomic E-state index is -3.70. The normalized spacial score (nSPS) is 17.6. The average molecular weight is 444 g/mol. The molecule has 2 aliphatic rings. The first-order chi connectivity index (χ1) is 14.9. The van der Waals surface area contributed by atoms with Gasteiger partial charge in [-0.05, 0) is 55.5 Å². The molecule has 3 amide bonds. The molecule has 8 nitrogen and oxygen atoms in total. The van der Waals surface area contributed by atoms with E-state index in [0.29, 0.717) is 18.0 Å². The highest BCUT2D eigenvalue weighted by atomic mass is 32.2. The fraction of sp³-hybridized carbons (Fsp3) is 0.364. The Balaban J connectivity index is 1.38. The van der Waals surface area contributed by atoms with Crippen LogP contribution in [0.15, 0.2) is 53.4 Å². The van der Waals surface area contributed by atoms with E-state index in [-0.39, 0.29) is 29.9 Å². The highest BCUT2D eigenvalue weighted by molar-refractivity contribution is 7.89. The molecule has 1 aliphatic heterocycles. The summed E-state index contributed by atoms with van der Waals surface area (Å²) in [6, 6.07) is 13.1. The summed E-state index contributed by atoms with van der Waals surface area (Å²) in [5, 5.41) is 2.28. The third-order valence-corrected chi connectivity index (χ3v) is 6.89. The quantitative estimate of drug-likeness (QED) is 0.685. The third-order valence-electron chi connectivity index (χ3n) is 5.49. The number of carbonyl (C=O) groups excluding carboxylic acids is 2. The molecule has 0 bridgehead atoms. The van der Waals surface area contributed by atoms with E-state index in [1.807, 2.05) is 0 Å². The lowest BCUT2D eigenvalue weighted by Gasteiger charge is -2.26. The number of benzene rings is 2. The maximum Gasteiger partial charge on any atom is 0.328 e. The maximum atomic E-state index is 12.7. The van der Waals surface area contributed by atoms with Crippen LogP contribution in [0.1, 0.15) is 37.7 Å². The van der Waals surface area contributed by atoms with Gasteiger partial charge in [-0.1, -0.05) is 18.2 Å². The van der Waals surface area contributed by atoms with Gasteiger partial charge in [0.2, 0.25) is 15.9 Å². The lowest BCUT2D eigenvalue weighted by atomic mass is 10.2. The van der Waals surface area contributed by atoms with Gasteiger partial charge in [-0.3, -0.25) is 15.0 Å². The molecule has 4 rings (SSSR count). The Kier molecular flexibility index (Phi) is 6.24. The average Bonchev–Trinajstić information content (AvgIpc) is 3.26. The first-order valence-corrected chi connectivity index (χ1v) is 11.9.